The van der Waals surface area contributed by atoms with E-state index in [2.05, 4.69) is 31.3 Å². The van der Waals surface area contributed by atoms with Gasteiger partial charge in [0.2, 0.25) is 5.91 Å². The van der Waals surface area contributed by atoms with Crippen molar-refractivity contribution >= 4 is 5.91 Å². The highest BCUT2D eigenvalue weighted by molar-refractivity contribution is 5.76. The van der Waals surface area contributed by atoms with Gasteiger partial charge in [0.25, 0.3) is 0 Å². The second-order valence-electron chi connectivity index (χ2n) is 21.8. The molecule has 9 N–H and O–H groups in total. The summed E-state index contributed by atoms with van der Waals surface area (Å²) in [5.74, 6) is -0.245. The molecule has 0 aliphatic carbocycles. The molecule has 2 rings (SSSR count). The van der Waals surface area contributed by atoms with Crippen LogP contribution in [0.2, 0.25) is 0 Å². The molecule has 14 heteroatoms. The number of unbranched alkanes of at least 4 members (excludes halogenated alkanes) is 34. The number of nitrogens with one attached hydrogen (secondary N) is 1. The molecule has 0 bridgehead atoms. The van der Waals surface area contributed by atoms with Crippen molar-refractivity contribution in [3.63, 3.8) is 0 Å². The number of aliphatic hydroxyl groups is 8. The Morgan fingerprint density at radius 1 is 0.473 bits per heavy atom. The van der Waals surface area contributed by atoms with Gasteiger partial charge in [0.15, 0.2) is 12.6 Å². The van der Waals surface area contributed by atoms with Crippen LogP contribution in [-0.2, 0) is 23.7 Å². The molecule has 14 nitrogen and oxygen atoms in total. The van der Waals surface area contributed by atoms with Gasteiger partial charge in [-0.1, -0.05) is 244 Å². The average Bonchev–Trinajstić information content (AvgIpc) is 3.40. The Labute approximate surface area is 449 Å². The van der Waals surface area contributed by atoms with Crippen LogP contribution in [0.5, 0.6) is 0 Å². The Hall–Kier alpha value is -1.53. The van der Waals surface area contributed by atoms with Crippen LogP contribution < -0.4 is 5.32 Å². The predicted molar refractivity (Wildman–Crippen MR) is 295 cm³/mol. The molecule has 0 aromatic rings. The molecule has 0 aromatic carbocycles. The fourth-order valence-corrected chi connectivity index (χ4v) is 10.2. The van der Waals surface area contributed by atoms with Crippen LogP contribution in [-0.4, -0.2) is 140 Å². The lowest BCUT2D eigenvalue weighted by Gasteiger charge is -2.46. The summed E-state index contributed by atoms with van der Waals surface area (Å²) in [7, 11) is 0. The first-order chi connectivity index (χ1) is 36.1. The number of hydrogen-bond acceptors (Lipinski definition) is 13. The molecule has 74 heavy (non-hydrogen) atoms. The number of rotatable bonds is 49. The summed E-state index contributed by atoms with van der Waals surface area (Å²) in [4.78, 5) is 13.2. The lowest BCUT2D eigenvalue weighted by atomic mass is 9.97. The summed E-state index contributed by atoms with van der Waals surface area (Å²) < 4.78 is 22.8. The van der Waals surface area contributed by atoms with Crippen molar-refractivity contribution in [2.24, 2.45) is 0 Å². The molecule has 436 valence electrons. The van der Waals surface area contributed by atoms with Gasteiger partial charge in [0.05, 0.1) is 32.0 Å². The molecule has 12 unspecified atom stereocenters. The van der Waals surface area contributed by atoms with Crippen LogP contribution in [0.15, 0.2) is 24.3 Å². The maximum absolute atomic E-state index is 13.2. The van der Waals surface area contributed by atoms with E-state index in [9.17, 15) is 45.6 Å². The lowest BCUT2D eigenvalue weighted by Crippen LogP contribution is -2.65. The summed E-state index contributed by atoms with van der Waals surface area (Å²) in [5, 5.41) is 87.1. The van der Waals surface area contributed by atoms with Gasteiger partial charge in [-0.05, 0) is 32.1 Å². The molecule has 2 fully saturated rings. The zero-order valence-electron chi connectivity index (χ0n) is 46.8. The Kier molecular flexibility index (Phi) is 43.0. The highest BCUT2D eigenvalue weighted by atomic mass is 16.7. The smallest absolute Gasteiger partial charge is 0.220 e. The van der Waals surface area contributed by atoms with Crippen LogP contribution in [0.4, 0.5) is 0 Å². The molecule has 2 saturated heterocycles. The normalized spacial score (nSPS) is 25.3. The van der Waals surface area contributed by atoms with E-state index in [1.165, 1.54) is 193 Å². The first kappa shape index (κ1) is 68.6. The van der Waals surface area contributed by atoms with Crippen LogP contribution in [0, 0.1) is 0 Å². The number of aliphatic hydroxyl groups excluding tert-OH is 8. The first-order valence-corrected chi connectivity index (χ1v) is 30.6. The summed E-state index contributed by atoms with van der Waals surface area (Å²) in [5.41, 5.74) is 0. The molecule has 0 radical (unpaired) electrons. The summed E-state index contributed by atoms with van der Waals surface area (Å²) >= 11 is 0. The van der Waals surface area contributed by atoms with Crippen LogP contribution in [0.25, 0.3) is 0 Å². The van der Waals surface area contributed by atoms with E-state index < -0.39 is 86.8 Å². The van der Waals surface area contributed by atoms with E-state index in [0.29, 0.717) is 12.8 Å². The fourth-order valence-electron chi connectivity index (χ4n) is 10.2. The molecule has 0 spiro atoms. The molecule has 12 atom stereocenters. The maximum atomic E-state index is 13.2. The number of hydrogen-bond donors (Lipinski definition) is 9. The Morgan fingerprint density at radius 2 is 0.865 bits per heavy atom. The number of ether oxygens (including phenoxy) is 4. The third kappa shape index (κ3) is 31.8. The van der Waals surface area contributed by atoms with E-state index in [4.69, 9.17) is 18.9 Å². The summed E-state index contributed by atoms with van der Waals surface area (Å²) in [6.07, 6.45) is 37.9. The van der Waals surface area contributed by atoms with Gasteiger partial charge in [-0.15, -0.1) is 0 Å². The molecule has 2 aliphatic rings. The van der Waals surface area contributed by atoms with Crippen molar-refractivity contribution in [1.29, 1.82) is 0 Å². The average molecular weight is 1060 g/mol. The zero-order valence-corrected chi connectivity index (χ0v) is 46.8. The fraction of sp³-hybridized carbons (Fsp3) is 0.917. The number of carbonyl (C=O) groups is 1. The minimum atomic E-state index is -1.79. The zero-order chi connectivity index (χ0) is 53.9. The first-order valence-electron chi connectivity index (χ1n) is 30.6. The van der Waals surface area contributed by atoms with Gasteiger partial charge >= 0.3 is 0 Å². The lowest BCUT2D eigenvalue weighted by molar-refractivity contribution is -0.359. The predicted octanol–water partition coefficient (Wildman–Crippen LogP) is 10.4. The van der Waals surface area contributed by atoms with Gasteiger partial charge in [-0.3, -0.25) is 4.79 Å². The van der Waals surface area contributed by atoms with E-state index in [1.807, 2.05) is 6.08 Å². The summed E-state index contributed by atoms with van der Waals surface area (Å²) in [6.45, 7) is 2.81. The third-order valence-corrected chi connectivity index (χ3v) is 15.1. The Morgan fingerprint density at radius 3 is 1.32 bits per heavy atom. The summed E-state index contributed by atoms with van der Waals surface area (Å²) in [6, 6.07) is -0.927. The van der Waals surface area contributed by atoms with E-state index in [-0.39, 0.29) is 18.9 Å². The quantitative estimate of drug-likeness (QED) is 0.0204. The van der Waals surface area contributed by atoms with Gasteiger partial charge in [0.1, 0.15) is 48.8 Å². The number of carbonyl (C=O) groups excluding carboxylic acids is 1. The number of allylic oxidation sites excluding steroid dienone is 3. The van der Waals surface area contributed by atoms with E-state index >= 15 is 0 Å². The SMILES string of the molecule is CCCCCCCCCCCCCCCCCCCC/C=C/CC/C=C/C(O)C(COC1OC(CO)C(OC2OC(CO)C(O)C(O)C2O)C(O)C1O)NC(=O)CCCCCCCCCCCCCCCCCC. The van der Waals surface area contributed by atoms with Crippen molar-refractivity contribution in [3.05, 3.63) is 24.3 Å². The highest BCUT2D eigenvalue weighted by Gasteiger charge is 2.51. The van der Waals surface area contributed by atoms with Gasteiger partial charge < -0.3 is 65.1 Å². The van der Waals surface area contributed by atoms with Crippen molar-refractivity contribution in [3.8, 4) is 0 Å². The Bertz CT molecular complexity index is 1340. The van der Waals surface area contributed by atoms with Crippen molar-refractivity contribution < 1.29 is 64.6 Å². The molecule has 0 aromatic heterocycles. The topological polar surface area (TPSA) is 228 Å². The van der Waals surface area contributed by atoms with Crippen molar-refractivity contribution in [2.75, 3.05) is 19.8 Å². The molecule has 2 aliphatic heterocycles. The van der Waals surface area contributed by atoms with Crippen LogP contribution >= 0.6 is 0 Å². The molecule has 2 heterocycles. The van der Waals surface area contributed by atoms with Gasteiger partial charge in [-0.25, -0.2) is 0 Å². The second kappa shape index (κ2) is 46.4. The minimum Gasteiger partial charge on any atom is -0.394 e. The van der Waals surface area contributed by atoms with Crippen molar-refractivity contribution in [2.45, 2.75) is 331 Å². The van der Waals surface area contributed by atoms with Crippen LogP contribution in [0.1, 0.15) is 258 Å². The van der Waals surface area contributed by atoms with Crippen LogP contribution in [0.3, 0.4) is 0 Å². The van der Waals surface area contributed by atoms with Gasteiger partial charge in [0, 0.05) is 6.42 Å². The monoisotopic (exact) mass is 1060 g/mol. The van der Waals surface area contributed by atoms with E-state index in [0.717, 1.165) is 32.1 Å². The maximum Gasteiger partial charge on any atom is 0.220 e. The van der Waals surface area contributed by atoms with Crippen molar-refractivity contribution in [1.82, 2.24) is 5.32 Å². The molecule has 0 saturated carbocycles. The second-order valence-corrected chi connectivity index (χ2v) is 21.8. The van der Waals surface area contributed by atoms with Gasteiger partial charge in [-0.2, -0.15) is 0 Å². The Balaban J connectivity index is 1.76. The molecule has 1 amide bonds. The standard InChI is InChI=1S/C60H113NO13/c1-3-5-7-9-11-13-15-17-19-21-22-23-24-25-26-27-28-29-31-33-35-37-39-41-43-49(64)48(61-52(65)44-42-40-38-36-34-32-30-20-18-16-14-12-10-8-6-4-2)47-71-59-57(70)55(68)58(51(46-63)73-59)74-60-56(69)54(67)53(66)50(45-62)72-60/h33,35,41,43,48-51,53-60,62-64,66-70H,3-32,34,36-40,42,44-47H2,1-2H3,(H,61,65)/b35-33+,43-41+. The minimum absolute atomic E-state index is 0.245. The highest BCUT2D eigenvalue weighted by Crippen LogP contribution is 2.30. The molecular formula is C60H113NO13. The largest absolute Gasteiger partial charge is 0.394 e. The number of amides is 1. The molecular weight excluding hydrogens is 943 g/mol. The van der Waals surface area contributed by atoms with E-state index in [1.54, 1.807) is 6.08 Å². The third-order valence-electron chi connectivity index (χ3n) is 15.1.